The molecule has 0 aliphatic carbocycles. The first kappa shape index (κ1) is 12.8. The number of hydrogen-bond acceptors (Lipinski definition) is 4. The van der Waals surface area contributed by atoms with Gasteiger partial charge in [-0.15, -0.1) is 11.3 Å². The molecular formula is C12H10BrNOS2. The summed E-state index contributed by atoms with van der Waals surface area (Å²) in [4.78, 5) is 16.2. The van der Waals surface area contributed by atoms with E-state index in [2.05, 4.69) is 20.9 Å². The molecule has 88 valence electrons. The van der Waals surface area contributed by atoms with Crippen LogP contribution >= 0.6 is 39.0 Å². The number of aryl methyl sites for hydroxylation is 1. The second kappa shape index (κ2) is 5.80. The summed E-state index contributed by atoms with van der Waals surface area (Å²) < 4.78 is 1.94. The zero-order valence-corrected chi connectivity index (χ0v) is 12.4. The number of benzene rings is 1. The molecule has 1 heterocycles. The molecule has 0 aliphatic rings. The summed E-state index contributed by atoms with van der Waals surface area (Å²) in [5, 5.41) is 1.99. The highest BCUT2D eigenvalue weighted by Gasteiger charge is 2.08. The summed E-state index contributed by atoms with van der Waals surface area (Å²) in [6.07, 6.45) is 0. The molecule has 0 radical (unpaired) electrons. The minimum atomic E-state index is 0.135. The van der Waals surface area contributed by atoms with Gasteiger partial charge in [-0.1, -0.05) is 39.8 Å². The smallest absolute Gasteiger partial charge is 0.173 e. The molecule has 0 spiro atoms. The standard InChI is InChI=1S/C12H10BrNOS2/c1-8-6-16-12(14-8)17-7-11(15)9-2-4-10(13)5-3-9/h2-6H,7H2,1H3. The molecule has 0 aliphatic heterocycles. The van der Waals surface area contributed by atoms with E-state index in [1.165, 1.54) is 11.8 Å². The van der Waals surface area contributed by atoms with Crippen LogP contribution < -0.4 is 0 Å². The summed E-state index contributed by atoms with van der Waals surface area (Å²) in [6.45, 7) is 1.96. The summed E-state index contributed by atoms with van der Waals surface area (Å²) in [5.41, 5.74) is 1.75. The number of halogens is 1. The van der Waals surface area contributed by atoms with E-state index in [1.54, 1.807) is 11.3 Å². The molecule has 5 heteroatoms. The Labute approximate surface area is 117 Å². The third-order valence-corrected chi connectivity index (χ3v) is 4.76. The number of thioether (sulfide) groups is 1. The molecule has 0 unspecified atom stereocenters. The Morgan fingerprint density at radius 1 is 1.41 bits per heavy atom. The number of thiazole rings is 1. The second-order valence-electron chi connectivity index (χ2n) is 3.47. The molecule has 17 heavy (non-hydrogen) atoms. The van der Waals surface area contributed by atoms with Crippen molar-refractivity contribution in [2.45, 2.75) is 11.3 Å². The molecule has 2 nitrogen and oxygen atoms in total. The molecule has 0 bridgehead atoms. The first-order chi connectivity index (χ1) is 8.15. The van der Waals surface area contributed by atoms with Crippen LogP contribution in [0, 0.1) is 6.92 Å². The van der Waals surface area contributed by atoms with Crippen molar-refractivity contribution in [2.75, 3.05) is 5.75 Å². The maximum Gasteiger partial charge on any atom is 0.173 e. The fourth-order valence-electron chi connectivity index (χ4n) is 1.25. The van der Waals surface area contributed by atoms with E-state index in [0.717, 1.165) is 20.1 Å². The fourth-order valence-corrected chi connectivity index (χ4v) is 3.25. The molecule has 1 aromatic heterocycles. The fraction of sp³-hybridized carbons (Fsp3) is 0.167. The van der Waals surface area contributed by atoms with Crippen LogP contribution in [0.5, 0.6) is 0 Å². The Morgan fingerprint density at radius 2 is 2.12 bits per heavy atom. The normalized spacial score (nSPS) is 10.5. The van der Waals surface area contributed by atoms with E-state index in [1.807, 2.05) is 36.6 Å². The average molecular weight is 328 g/mol. The minimum Gasteiger partial charge on any atom is -0.293 e. The van der Waals surface area contributed by atoms with Gasteiger partial charge in [0.25, 0.3) is 0 Å². The first-order valence-corrected chi connectivity index (χ1v) is 7.64. The third kappa shape index (κ3) is 3.66. The minimum absolute atomic E-state index is 0.135. The lowest BCUT2D eigenvalue weighted by Crippen LogP contribution is -2.01. The van der Waals surface area contributed by atoms with Gasteiger partial charge in [0.15, 0.2) is 10.1 Å². The van der Waals surface area contributed by atoms with Gasteiger partial charge in [0.2, 0.25) is 0 Å². The van der Waals surface area contributed by atoms with Gasteiger partial charge in [-0.25, -0.2) is 4.98 Å². The second-order valence-corrected chi connectivity index (χ2v) is 6.47. The zero-order valence-electron chi connectivity index (χ0n) is 9.14. The van der Waals surface area contributed by atoms with E-state index in [4.69, 9.17) is 0 Å². The summed E-state index contributed by atoms with van der Waals surface area (Å²) >= 11 is 6.42. The first-order valence-electron chi connectivity index (χ1n) is 4.99. The van der Waals surface area contributed by atoms with E-state index in [9.17, 15) is 4.79 Å². The van der Waals surface area contributed by atoms with Crippen molar-refractivity contribution >= 4 is 44.8 Å². The average Bonchev–Trinajstić information content (AvgIpc) is 2.73. The third-order valence-electron chi connectivity index (χ3n) is 2.09. The predicted octanol–water partition coefficient (Wildman–Crippen LogP) is 4.19. The largest absolute Gasteiger partial charge is 0.293 e. The van der Waals surface area contributed by atoms with Gasteiger partial charge in [0.05, 0.1) is 5.75 Å². The van der Waals surface area contributed by atoms with Crippen molar-refractivity contribution < 1.29 is 4.79 Å². The zero-order chi connectivity index (χ0) is 12.3. The number of nitrogens with zero attached hydrogens (tertiary/aromatic N) is 1. The van der Waals surface area contributed by atoms with Crippen LogP contribution in [-0.2, 0) is 0 Å². The Bertz CT molecular complexity index is 522. The molecule has 1 aromatic carbocycles. The van der Waals surface area contributed by atoms with Crippen molar-refractivity contribution in [3.05, 3.63) is 45.4 Å². The van der Waals surface area contributed by atoms with Gasteiger partial charge >= 0.3 is 0 Å². The van der Waals surface area contributed by atoms with E-state index in [-0.39, 0.29) is 5.78 Å². The van der Waals surface area contributed by atoms with Gasteiger partial charge in [-0.3, -0.25) is 4.79 Å². The molecule has 2 rings (SSSR count). The van der Waals surface area contributed by atoms with Crippen LogP contribution in [0.15, 0.2) is 38.5 Å². The number of hydrogen-bond donors (Lipinski definition) is 0. The van der Waals surface area contributed by atoms with E-state index in [0.29, 0.717) is 5.75 Å². The van der Waals surface area contributed by atoms with Crippen molar-refractivity contribution in [2.24, 2.45) is 0 Å². The molecule has 0 N–H and O–H groups in total. The highest BCUT2D eigenvalue weighted by Crippen LogP contribution is 2.23. The van der Waals surface area contributed by atoms with E-state index < -0.39 is 0 Å². The Kier molecular flexibility index (Phi) is 4.36. The lowest BCUT2D eigenvalue weighted by Gasteiger charge is -1.99. The van der Waals surface area contributed by atoms with Crippen molar-refractivity contribution in [3.63, 3.8) is 0 Å². The van der Waals surface area contributed by atoms with Crippen LogP contribution in [0.25, 0.3) is 0 Å². The lowest BCUT2D eigenvalue weighted by molar-refractivity contribution is 0.102. The number of rotatable bonds is 4. The van der Waals surface area contributed by atoms with Crippen LogP contribution in [0.3, 0.4) is 0 Å². The maximum atomic E-state index is 11.9. The SMILES string of the molecule is Cc1csc(SCC(=O)c2ccc(Br)cc2)n1. The predicted molar refractivity (Wildman–Crippen MR) is 76.0 cm³/mol. The van der Waals surface area contributed by atoms with Gasteiger partial charge in [-0.05, 0) is 19.1 Å². The van der Waals surface area contributed by atoms with Crippen LogP contribution in [0.2, 0.25) is 0 Å². The molecule has 2 aromatic rings. The highest BCUT2D eigenvalue weighted by atomic mass is 79.9. The number of ketones is 1. The van der Waals surface area contributed by atoms with Crippen LogP contribution in [-0.4, -0.2) is 16.5 Å². The molecule has 0 saturated carbocycles. The summed E-state index contributed by atoms with van der Waals surface area (Å²) in [6, 6.07) is 7.43. The summed E-state index contributed by atoms with van der Waals surface area (Å²) in [7, 11) is 0. The highest BCUT2D eigenvalue weighted by molar-refractivity contribution is 9.10. The number of Topliss-reactive ketones (excluding diaryl/α,β-unsaturated/α-hetero) is 1. The van der Waals surface area contributed by atoms with Crippen molar-refractivity contribution in [1.82, 2.24) is 4.98 Å². The van der Waals surface area contributed by atoms with Gasteiger partial charge in [0, 0.05) is 21.1 Å². The van der Waals surface area contributed by atoms with Gasteiger partial charge < -0.3 is 0 Å². The molecule has 0 amide bonds. The van der Waals surface area contributed by atoms with Crippen LogP contribution in [0.1, 0.15) is 16.1 Å². The molecule has 0 atom stereocenters. The Morgan fingerprint density at radius 3 is 2.71 bits per heavy atom. The Balaban J connectivity index is 1.95. The topological polar surface area (TPSA) is 30.0 Å². The summed E-state index contributed by atoms with van der Waals surface area (Å²) in [5.74, 6) is 0.574. The van der Waals surface area contributed by atoms with Gasteiger partial charge in [-0.2, -0.15) is 0 Å². The number of carbonyl (C=O) groups excluding carboxylic acids is 1. The number of carbonyl (C=O) groups is 1. The molecule has 0 fully saturated rings. The molecular weight excluding hydrogens is 318 g/mol. The van der Waals surface area contributed by atoms with Crippen LogP contribution in [0.4, 0.5) is 0 Å². The quantitative estimate of drug-likeness (QED) is 0.623. The number of aromatic nitrogens is 1. The lowest BCUT2D eigenvalue weighted by atomic mass is 10.2. The van der Waals surface area contributed by atoms with E-state index >= 15 is 0 Å². The Hall–Kier alpha value is -0.650. The molecule has 0 saturated heterocycles. The maximum absolute atomic E-state index is 11.9. The van der Waals surface area contributed by atoms with Crippen molar-refractivity contribution in [1.29, 1.82) is 0 Å². The monoisotopic (exact) mass is 327 g/mol. The van der Waals surface area contributed by atoms with Crippen molar-refractivity contribution in [3.8, 4) is 0 Å². The van der Waals surface area contributed by atoms with Gasteiger partial charge in [0.1, 0.15) is 0 Å².